The molecule has 1 atom stereocenters. The molecule has 0 aliphatic heterocycles. The van der Waals surface area contributed by atoms with Crippen molar-refractivity contribution >= 4 is 19.9 Å². The highest BCUT2D eigenvalue weighted by atomic mass is 35.5. The summed E-state index contributed by atoms with van der Waals surface area (Å²) in [6.07, 6.45) is 0. The predicted octanol–water partition coefficient (Wildman–Crippen LogP) is 2.81. The van der Waals surface area contributed by atoms with E-state index >= 15 is 0 Å². The van der Waals surface area contributed by atoms with E-state index in [0.717, 1.165) is 6.04 Å². The van der Waals surface area contributed by atoms with E-state index < -0.39 is 8.32 Å². The van der Waals surface area contributed by atoms with Crippen LogP contribution in [0, 0.1) is 0 Å². The van der Waals surface area contributed by atoms with Crippen LogP contribution in [0.2, 0.25) is 19.1 Å². The summed E-state index contributed by atoms with van der Waals surface area (Å²) in [4.78, 5) is 0. The van der Waals surface area contributed by atoms with Crippen molar-refractivity contribution in [1.29, 1.82) is 0 Å². The van der Waals surface area contributed by atoms with E-state index in [-0.39, 0.29) is 5.56 Å². The minimum atomic E-state index is -1.37. The molecule has 0 aliphatic rings. The molecule has 0 fully saturated rings. The van der Waals surface area contributed by atoms with Crippen LogP contribution in [0.15, 0.2) is 0 Å². The van der Waals surface area contributed by atoms with Crippen LogP contribution in [-0.4, -0.2) is 13.9 Å². The Hall–Kier alpha value is 0.467. The van der Waals surface area contributed by atoms with E-state index in [1.165, 1.54) is 0 Å². The van der Waals surface area contributed by atoms with Gasteiger partial charge in [-0.25, -0.2) is 0 Å². The summed E-state index contributed by atoms with van der Waals surface area (Å²) in [5, 5.41) is 0. The summed E-state index contributed by atoms with van der Waals surface area (Å²) in [6, 6.07) is 1.13. The van der Waals surface area contributed by atoms with Gasteiger partial charge >= 0.3 is 0 Å². The Balaban J connectivity index is 3.58. The molecule has 1 nitrogen and oxygen atoms in total. The van der Waals surface area contributed by atoms with Crippen molar-refractivity contribution in [3.63, 3.8) is 0 Å². The van der Waals surface area contributed by atoms with Gasteiger partial charge in [-0.3, -0.25) is 0 Å². The molecule has 0 bridgehead atoms. The lowest BCUT2D eigenvalue weighted by Crippen LogP contribution is -2.31. The molecule has 9 heavy (non-hydrogen) atoms. The van der Waals surface area contributed by atoms with Gasteiger partial charge in [0.15, 0.2) is 8.32 Å². The van der Waals surface area contributed by atoms with Gasteiger partial charge in [0.25, 0.3) is 0 Å². The van der Waals surface area contributed by atoms with Gasteiger partial charge in [0, 0.05) is 0 Å². The topological polar surface area (TPSA) is 9.23 Å². The van der Waals surface area contributed by atoms with Crippen LogP contribution in [0.25, 0.3) is 0 Å². The van der Waals surface area contributed by atoms with Crippen LogP contribution in [0.4, 0.5) is 0 Å². The Labute approximate surface area is 63.5 Å². The minimum Gasteiger partial charge on any atom is -0.402 e. The second-order valence-corrected chi connectivity index (χ2v) is 7.85. The average Bonchev–Trinajstić information content (AvgIpc) is 1.63. The van der Waals surface area contributed by atoms with Crippen molar-refractivity contribution in [3.8, 4) is 0 Å². The highest BCUT2D eigenvalue weighted by Crippen LogP contribution is 2.13. The van der Waals surface area contributed by atoms with E-state index in [1.54, 1.807) is 0 Å². The van der Waals surface area contributed by atoms with Gasteiger partial charge in [0.2, 0.25) is 0 Å². The zero-order valence-electron chi connectivity index (χ0n) is 6.57. The molecule has 56 valence electrons. The van der Waals surface area contributed by atoms with Crippen molar-refractivity contribution in [3.05, 3.63) is 0 Å². The highest BCUT2D eigenvalue weighted by Gasteiger charge is 2.20. The van der Waals surface area contributed by atoms with Gasteiger partial charge in [-0.15, -0.1) is 0 Å². The van der Waals surface area contributed by atoms with E-state index in [9.17, 15) is 0 Å². The Morgan fingerprint density at radius 1 is 1.56 bits per heavy atom. The minimum absolute atomic E-state index is 0.119. The Kier molecular flexibility index (Phi) is 3.78. The smallest absolute Gasteiger partial charge is 0.188 e. The molecule has 0 heterocycles. The van der Waals surface area contributed by atoms with Gasteiger partial charge in [-0.05, 0) is 26.1 Å². The molecule has 0 saturated carbocycles. The number of halogens is 1. The molecular formula is C6H15ClOSi. The highest BCUT2D eigenvalue weighted by molar-refractivity contribution is 6.71. The zero-order chi connectivity index (χ0) is 7.49. The van der Waals surface area contributed by atoms with Crippen LogP contribution < -0.4 is 0 Å². The van der Waals surface area contributed by atoms with E-state index in [0.29, 0.717) is 0 Å². The Morgan fingerprint density at radius 2 is 2.00 bits per heavy atom. The third-order valence-corrected chi connectivity index (χ3v) is 4.27. The lowest BCUT2D eigenvalue weighted by Gasteiger charge is -2.22. The maximum atomic E-state index is 5.65. The van der Waals surface area contributed by atoms with E-state index in [1.807, 2.05) is 6.92 Å². The fraction of sp³-hybridized carbons (Fsp3) is 1.00. The van der Waals surface area contributed by atoms with Crippen molar-refractivity contribution in [1.82, 2.24) is 0 Å². The number of alkyl halides is 1. The van der Waals surface area contributed by atoms with Crippen LogP contribution in [-0.2, 0) is 4.43 Å². The molecule has 0 rings (SSSR count). The largest absolute Gasteiger partial charge is 0.402 e. The molecule has 0 aliphatic carbocycles. The molecule has 0 amide bonds. The average molecular weight is 167 g/mol. The second-order valence-electron chi connectivity index (χ2n) is 2.77. The van der Waals surface area contributed by atoms with Gasteiger partial charge in [-0.2, -0.15) is 0 Å². The van der Waals surface area contributed by atoms with Crippen molar-refractivity contribution in [2.75, 3.05) is 0 Å². The monoisotopic (exact) mass is 166 g/mol. The van der Waals surface area contributed by atoms with Gasteiger partial charge in [-0.1, -0.05) is 18.5 Å². The zero-order valence-corrected chi connectivity index (χ0v) is 8.33. The van der Waals surface area contributed by atoms with Crippen LogP contribution in [0.3, 0.4) is 0 Å². The van der Waals surface area contributed by atoms with Gasteiger partial charge in [0.05, 0.1) is 0 Å². The maximum Gasteiger partial charge on any atom is 0.188 e. The molecule has 0 aromatic heterocycles. The lowest BCUT2D eigenvalue weighted by molar-refractivity contribution is 0.291. The van der Waals surface area contributed by atoms with E-state index in [2.05, 4.69) is 20.0 Å². The Bertz CT molecular complexity index is 83.1. The molecule has 0 aromatic rings. The lowest BCUT2D eigenvalue weighted by atomic mass is 10.9. The molecule has 0 spiro atoms. The van der Waals surface area contributed by atoms with E-state index in [4.69, 9.17) is 16.0 Å². The first-order chi connectivity index (χ1) is 3.98. The summed E-state index contributed by atoms with van der Waals surface area (Å²) in [5.74, 6) is 0. The van der Waals surface area contributed by atoms with Crippen molar-refractivity contribution < 1.29 is 4.43 Å². The molecular weight excluding hydrogens is 152 g/mol. The Morgan fingerprint density at radius 3 is 2.11 bits per heavy atom. The third kappa shape index (κ3) is 4.94. The predicted molar refractivity (Wildman–Crippen MR) is 44.4 cm³/mol. The van der Waals surface area contributed by atoms with Crippen LogP contribution >= 0.6 is 11.6 Å². The summed E-state index contributed by atoms with van der Waals surface area (Å²) < 4.78 is 5.49. The standard InChI is InChI=1S/C6H15ClOSi/c1-5-9(3,4)8-6(2)7/h6H,5H2,1-4H3. The number of rotatable bonds is 3. The molecule has 0 aromatic carbocycles. The fourth-order valence-electron chi connectivity index (χ4n) is 0.523. The summed E-state index contributed by atoms with van der Waals surface area (Å²) >= 11 is 5.65. The molecule has 0 radical (unpaired) electrons. The molecule has 0 N–H and O–H groups in total. The summed E-state index contributed by atoms with van der Waals surface area (Å²) in [7, 11) is -1.37. The SMILES string of the molecule is CC[Si](C)(C)OC(C)Cl. The first-order valence-electron chi connectivity index (χ1n) is 3.30. The summed E-state index contributed by atoms with van der Waals surface area (Å²) in [5.41, 5.74) is -0.119. The second kappa shape index (κ2) is 3.59. The van der Waals surface area contributed by atoms with Gasteiger partial charge in [0.1, 0.15) is 5.56 Å². The van der Waals surface area contributed by atoms with Crippen molar-refractivity contribution in [2.45, 2.75) is 38.5 Å². The first kappa shape index (κ1) is 9.47. The van der Waals surface area contributed by atoms with Crippen LogP contribution in [0.5, 0.6) is 0 Å². The normalized spacial score (nSPS) is 15.7. The third-order valence-electron chi connectivity index (χ3n) is 1.33. The number of hydrogen-bond acceptors (Lipinski definition) is 1. The van der Waals surface area contributed by atoms with Crippen LogP contribution in [0.1, 0.15) is 13.8 Å². The number of hydrogen-bond donors (Lipinski definition) is 0. The summed E-state index contributed by atoms with van der Waals surface area (Å²) in [6.45, 7) is 8.36. The maximum absolute atomic E-state index is 5.65. The molecule has 3 heteroatoms. The first-order valence-corrected chi connectivity index (χ1v) is 6.85. The fourth-order valence-corrected chi connectivity index (χ4v) is 2.29. The quantitative estimate of drug-likeness (QED) is 0.463. The molecule has 0 saturated heterocycles. The van der Waals surface area contributed by atoms with Gasteiger partial charge < -0.3 is 4.43 Å². The van der Waals surface area contributed by atoms with Crippen molar-refractivity contribution in [2.24, 2.45) is 0 Å². The molecule has 1 unspecified atom stereocenters.